The normalized spacial score (nSPS) is 19.3. The Morgan fingerprint density at radius 3 is 2.56 bits per heavy atom. The number of aromatic nitrogens is 2. The van der Waals surface area contributed by atoms with Gasteiger partial charge in [0.2, 0.25) is 10.0 Å². The number of carboxylic acid groups (broad SMARTS) is 1. The van der Waals surface area contributed by atoms with Gasteiger partial charge in [0.1, 0.15) is 5.75 Å². The third kappa shape index (κ3) is 3.70. The molecule has 0 aliphatic carbocycles. The Morgan fingerprint density at radius 2 is 1.94 bits per heavy atom. The number of rotatable bonds is 5. The Kier molecular flexibility index (Phi) is 5.40. The smallest absolute Gasteiger partial charge is 0.309 e. The lowest BCUT2D eigenvalue weighted by Gasteiger charge is -2.18. The van der Waals surface area contributed by atoms with Gasteiger partial charge in [-0.25, -0.2) is 8.42 Å². The number of fused-ring (bicyclic) bond motifs is 1. The van der Waals surface area contributed by atoms with Crippen LogP contribution in [0.25, 0.3) is 10.9 Å². The first kappa shape index (κ1) is 21.8. The molecule has 4 rings (SSSR count). The number of hydrogen-bond donors (Lipinski definition) is 2. The van der Waals surface area contributed by atoms with Crippen molar-refractivity contribution in [1.82, 2.24) is 14.1 Å². The highest BCUT2D eigenvalue weighted by molar-refractivity contribution is 7.89. The molecule has 9 nitrogen and oxygen atoms in total. The summed E-state index contributed by atoms with van der Waals surface area (Å²) in [5, 5.41) is 33.3. The number of aromatic hydroxyl groups is 1. The van der Waals surface area contributed by atoms with Crippen LogP contribution >= 0.6 is 0 Å². The second-order valence-electron chi connectivity index (χ2n) is 8.12. The van der Waals surface area contributed by atoms with E-state index < -0.39 is 16.0 Å². The van der Waals surface area contributed by atoms with E-state index in [2.05, 4.69) is 11.2 Å². The molecule has 1 fully saturated rings. The van der Waals surface area contributed by atoms with Crippen LogP contribution in [0.3, 0.4) is 0 Å². The van der Waals surface area contributed by atoms with Gasteiger partial charge in [0, 0.05) is 18.5 Å². The molecule has 1 aromatic heterocycles. The van der Waals surface area contributed by atoms with Crippen molar-refractivity contribution in [2.45, 2.75) is 31.2 Å². The van der Waals surface area contributed by atoms with Gasteiger partial charge in [0.15, 0.2) is 0 Å². The average Bonchev–Trinajstić information content (AvgIpc) is 3.28. The molecule has 1 aliphatic heterocycles. The van der Waals surface area contributed by atoms with E-state index in [1.165, 1.54) is 28.6 Å². The van der Waals surface area contributed by atoms with Crippen LogP contribution in [0, 0.1) is 24.2 Å². The number of phenolic OH excluding ortho intramolecular Hbond substituents is 1. The first-order valence-electron chi connectivity index (χ1n) is 10.0. The summed E-state index contributed by atoms with van der Waals surface area (Å²) in [6, 6.07) is 10.7. The summed E-state index contributed by atoms with van der Waals surface area (Å²) in [5.74, 6) is -1.14. The second kappa shape index (κ2) is 7.93. The van der Waals surface area contributed by atoms with E-state index in [1.807, 2.05) is 6.92 Å². The maximum Gasteiger partial charge on any atom is 0.309 e. The number of nitrogens with zero attached hydrogens (tertiary/aromatic N) is 4. The van der Waals surface area contributed by atoms with E-state index in [9.17, 15) is 28.7 Å². The first-order chi connectivity index (χ1) is 15.1. The summed E-state index contributed by atoms with van der Waals surface area (Å²) in [6.45, 7) is 4.18. The molecule has 3 aromatic rings. The van der Waals surface area contributed by atoms with Crippen molar-refractivity contribution in [3.63, 3.8) is 0 Å². The first-order valence-corrected chi connectivity index (χ1v) is 11.5. The van der Waals surface area contributed by atoms with Gasteiger partial charge in [-0.15, -0.1) is 0 Å². The summed E-state index contributed by atoms with van der Waals surface area (Å²) in [4.78, 5) is 11.5. The molecule has 0 amide bonds. The van der Waals surface area contributed by atoms with Crippen LogP contribution in [0.2, 0.25) is 0 Å². The molecule has 2 heterocycles. The summed E-state index contributed by atoms with van der Waals surface area (Å²) >= 11 is 0. The molecule has 2 atom stereocenters. The number of aliphatic carboxylic acids is 1. The number of aryl methyl sites for hydroxylation is 1. The van der Waals surface area contributed by atoms with Gasteiger partial charge < -0.3 is 10.2 Å². The number of carbonyl (C=O) groups is 1. The van der Waals surface area contributed by atoms with Gasteiger partial charge >= 0.3 is 5.97 Å². The monoisotopic (exact) mass is 454 g/mol. The zero-order chi connectivity index (χ0) is 23.2. The summed E-state index contributed by atoms with van der Waals surface area (Å²) in [7, 11) is -3.77. The molecule has 0 unspecified atom stereocenters. The Balaban J connectivity index is 1.76. The SMILES string of the molecule is Cc1cc2c(cc1C#N)c(CC(=O)O)nn2[C@H]1CN(S(=O)(=O)c2ccc(O)cc2)C[C@H]1C. The minimum atomic E-state index is -3.77. The Hall–Kier alpha value is -3.42. The van der Waals surface area contributed by atoms with Gasteiger partial charge in [-0.1, -0.05) is 6.92 Å². The lowest BCUT2D eigenvalue weighted by Crippen LogP contribution is -2.29. The van der Waals surface area contributed by atoms with Gasteiger partial charge in [-0.05, 0) is 54.8 Å². The molecule has 1 aliphatic rings. The zero-order valence-corrected chi connectivity index (χ0v) is 18.4. The standard InChI is InChI=1S/C22H22N4O5S/c1-13-7-20-18(8-15(13)10-23)19(9-22(28)29)24-26(20)21-12-25(11-14(21)2)32(30,31)17-5-3-16(27)4-6-17/h3-8,14,21,27H,9,11-12H2,1-2H3,(H,28,29)/t14-,21+/m1/s1. The van der Waals surface area contributed by atoms with Crippen molar-refractivity contribution in [3.05, 3.63) is 53.2 Å². The summed E-state index contributed by atoms with van der Waals surface area (Å²) < 4.78 is 29.3. The van der Waals surface area contributed by atoms with Crippen LogP contribution in [0.5, 0.6) is 5.75 Å². The molecule has 166 valence electrons. The molecular weight excluding hydrogens is 432 g/mol. The molecular formula is C22H22N4O5S. The number of phenols is 1. The highest BCUT2D eigenvalue weighted by Gasteiger charge is 2.39. The number of carboxylic acids is 1. The maximum atomic E-state index is 13.1. The molecule has 2 N–H and O–H groups in total. The Morgan fingerprint density at radius 1 is 1.25 bits per heavy atom. The van der Waals surface area contributed by atoms with Gasteiger partial charge in [-0.2, -0.15) is 14.7 Å². The predicted octanol–water partition coefficient (Wildman–Crippen LogP) is 2.43. The third-order valence-electron chi connectivity index (χ3n) is 5.90. The van der Waals surface area contributed by atoms with E-state index in [0.29, 0.717) is 22.2 Å². The van der Waals surface area contributed by atoms with Crippen molar-refractivity contribution in [2.75, 3.05) is 13.1 Å². The molecule has 0 radical (unpaired) electrons. The van der Waals surface area contributed by atoms with Crippen molar-refractivity contribution in [3.8, 4) is 11.8 Å². The molecule has 10 heteroatoms. The number of nitriles is 1. The van der Waals surface area contributed by atoms with Gasteiger partial charge in [-0.3, -0.25) is 9.48 Å². The van der Waals surface area contributed by atoms with Crippen LogP contribution in [-0.2, 0) is 21.2 Å². The molecule has 0 spiro atoms. The molecule has 32 heavy (non-hydrogen) atoms. The van der Waals surface area contributed by atoms with Crippen molar-refractivity contribution in [2.24, 2.45) is 5.92 Å². The molecule has 2 aromatic carbocycles. The molecule has 0 bridgehead atoms. The van der Waals surface area contributed by atoms with Crippen LogP contribution in [0.4, 0.5) is 0 Å². The fourth-order valence-corrected chi connectivity index (χ4v) is 5.74. The van der Waals surface area contributed by atoms with Crippen molar-refractivity contribution in [1.29, 1.82) is 5.26 Å². The van der Waals surface area contributed by atoms with Crippen LogP contribution in [0.15, 0.2) is 41.3 Å². The Labute approximate surface area is 185 Å². The largest absolute Gasteiger partial charge is 0.508 e. The highest BCUT2D eigenvalue weighted by atomic mass is 32.2. The van der Waals surface area contributed by atoms with Crippen molar-refractivity contribution >= 4 is 26.9 Å². The molecule has 0 saturated carbocycles. The zero-order valence-electron chi connectivity index (χ0n) is 17.6. The van der Waals surface area contributed by atoms with E-state index in [1.54, 1.807) is 23.7 Å². The van der Waals surface area contributed by atoms with Crippen LogP contribution in [-0.4, -0.2) is 51.8 Å². The predicted molar refractivity (Wildman–Crippen MR) is 116 cm³/mol. The lowest BCUT2D eigenvalue weighted by atomic mass is 10.0. The highest BCUT2D eigenvalue weighted by Crippen LogP contribution is 2.35. The lowest BCUT2D eigenvalue weighted by molar-refractivity contribution is -0.136. The quantitative estimate of drug-likeness (QED) is 0.604. The molecule has 1 saturated heterocycles. The minimum absolute atomic E-state index is 0.0160. The van der Waals surface area contributed by atoms with E-state index >= 15 is 0 Å². The second-order valence-corrected chi connectivity index (χ2v) is 10.1. The number of sulfonamides is 1. The van der Waals surface area contributed by atoms with E-state index in [0.717, 1.165) is 5.56 Å². The van der Waals surface area contributed by atoms with Crippen LogP contribution in [0.1, 0.15) is 29.8 Å². The summed E-state index contributed by atoms with van der Waals surface area (Å²) in [6.07, 6.45) is -0.298. The van der Waals surface area contributed by atoms with E-state index in [-0.39, 0.29) is 42.1 Å². The van der Waals surface area contributed by atoms with Gasteiger partial charge in [0.25, 0.3) is 0 Å². The van der Waals surface area contributed by atoms with E-state index in [4.69, 9.17) is 0 Å². The third-order valence-corrected chi connectivity index (χ3v) is 7.74. The number of benzene rings is 2. The Bertz CT molecular complexity index is 1360. The average molecular weight is 455 g/mol. The number of hydrogen-bond acceptors (Lipinski definition) is 6. The van der Waals surface area contributed by atoms with Crippen LogP contribution < -0.4 is 0 Å². The topological polar surface area (TPSA) is 137 Å². The fourth-order valence-electron chi connectivity index (χ4n) is 4.19. The summed E-state index contributed by atoms with van der Waals surface area (Å²) in [5.41, 5.74) is 2.21. The van der Waals surface area contributed by atoms with Crippen molar-refractivity contribution < 1.29 is 23.4 Å². The fraction of sp³-hybridized carbons (Fsp3) is 0.318. The maximum absolute atomic E-state index is 13.1. The van der Waals surface area contributed by atoms with Gasteiger partial charge in [0.05, 0.1) is 40.2 Å². The minimum Gasteiger partial charge on any atom is -0.508 e.